The van der Waals surface area contributed by atoms with Crippen molar-refractivity contribution in [2.45, 2.75) is 33.6 Å². The topological polar surface area (TPSA) is 62.3 Å². The number of piperidine rings is 1. The van der Waals surface area contributed by atoms with E-state index < -0.39 is 5.41 Å². The van der Waals surface area contributed by atoms with Crippen molar-refractivity contribution in [1.29, 1.82) is 0 Å². The van der Waals surface area contributed by atoms with Crippen LogP contribution in [-0.2, 0) is 9.59 Å². The SMILES string of the molecule is CC(C)(C)C(=O)N1CCC(C(=O)Nc2nc3c(Cl)c(Cl)ccc3s2)CC1. The van der Waals surface area contributed by atoms with E-state index in [2.05, 4.69) is 10.3 Å². The second-order valence-corrected chi connectivity index (χ2v) is 9.35. The normalized spacial score (nSPS) is 16.1. The fraction of sp³-hybridized carbons (Fsp3) is 0.500. The van der Waals surface area contributed by atoms with Gasteiger partial charge in [0, 0.05) is 24.4 Å². The van der Waals surface area contributed by atoms with E-state index in [1.807, 2.05) is 31.7 Å². The average molecular weight is 414 g/mol. The van der Waals surface area contributed by atoms with Gasteiger partial charge in [-0.15, -0.1) is 0 Å². The van der Waals surface area contributed by atoms with Crippen LogP contribution < -0.4 is 5.32 Å². The number of likely N-dealkylation sites (tertiary alicyclic amines) is 1. The van der Waals surface area contributed by atoms with Crippen molar-refractivity contribution >= 4 is 61.7 Å². The number of nitrogens with one attached hydrogen (secondary N) is 1. The molecule has 0 spiro atoms. The molecule has 1 N–H and O–H groups in total. The number of carbonyl (C=O) groups excluding carboxylic acids is 2. The maximum atomic E-state index is 12.6. The van der Waals surface area contributed by atoms with Crippen LogP contribution in [0.2, 0.25) is 10.0 Å². The number of carbonyl (C=O) groups is 2. The molecule has 1 aliphatic heterocycles. The number of amides is 2. The highest BCUT2D eigenvalue weighted by Crippen LogP contribution is 2.35. The van der Waals surface area contributed by atoms with E-state index in [1.54, 1.807) is 6.07 Å². The lowest BCUT2D eigenvalue weighted by Gasteiger charge is -2.35. The molecule has 1 aliphatic rings. The molecule has 2 heterocycles. The molecule has 1 aromatic heterocycles. The first-order chi connectivity index (χ1) is 12.2. The zero-order valence-corrected chi connectivity index (χ0v) is 17.3. The Bertz CT molecular complexity index is 852. The smallest absolute Gasteiger partial charge is 0.229 e. The fourth-order valence-electron chi connectivity index (χ4n) is 3.02. The first-order valence-electron chi connectivity index (χ1n) is 8.51. The highest BCUT2D eigenvalue weighted by atomic mass is 35.5. The predicted molar refractivity (Wildman–Crippen MR) is 107 cm³/mol. The van der Waals surface area contributed by atoms with Crippen LogP contribution in [0.3, 0.4) is 0 Å². The molecule has 1 aromatic carbocycles. The standard InChI is InChI=1S/C18H21Cl2N3O2S/c1-18(2,3)16(25)23-8-6-10(7-9-23)15(24)22-17-21-14-12(26-17)5-4-11(19)13(14)20/h4-5,10H,6-9H2,1-3H3,(H,21,22,24). The number of nitrogens with zero attached hydrogens (tertiary/aromatic N) is 2. The molecule has 5 nitrogen and oxygen atoms in total. The van der Waals surface area contributed by atoms with Crippen molar-refractivity contribution in [2.75, 3.05) is 18.4 Å². The molecule has 0 aliphatic carbocycles. The van der Waals surface area contributed by atoms with Crippen molar-refractivity contribution in [1.82, 2.24) is 9.88 Å². The van der Waals surface area contributed by atoms with Gasteiger partial charge in [0.05, 0.1) is 14.7 Å². The fourth-order valence-corrected chi connectivity index (χ4v) is 4.31. The highest BCUT2D eigenvalue weighted by Gasteiger charge is 2.32. The van der Waals surface area contributed by atoms with Gasteiger partial charge in [-0.2, -0.15) is 0 Å². The molecule has 8 heteroatoms. The van der Waals surface area contributed by atoms with Crippen LogP contribution in [0.4, 0.5) is 5.13 Å². The van der Waals surface area contributed by atoms with Crippen molar-refractivity contribution < 1.29 is 9.59 Å². The molecule has 2 aromatic rings. The van der Waals surface area contributed by atoms with Crippen LogP contribution in [0, 0.1) is 11.3 Å². The van der Waals surface area contributed by atoms with Crippen molar-refractivity contribution in [3.05, 3.63) is 22.2 Å². The Kier molecular flexibility index (Phi) is 5.47. The Hall–Kier alpha value is -1.37. The second kappa shape index (κ2) is 7.33. The number of rotatable bonds is 2. The summed E-state index contributed by atoms with van der Waals surface area (Å²) in [5, 5.41) is 4.24. The molecule has 140 valence electrons. The summed E-state index contributed by atoms with van der Waals surface area (Å²) >= 11 is 13.5. The molecule has 1 saturated heterocycles. The lowest BCUT2D eigenvalue weighted by Crippen LogP contribution is -2.45. The number of hydrogen-bond acceptors (Lipinski definition) is 4. The van der Waals surface area contributed by atoms with E-state index in [1.165, 1.54) is 11.3 Å². The van der Waals surface area contributed by atoms with Crippen molar-refractivity contribution in [3.8, 4) is 0 Å². The molecule has 3 rings (SSSR count). The number of hydrogen-bond donors (Lipinski definition) is 1. The van der Waals surface area contributed by atoms with Crippen LogP contribution in [-0.4, -0.2) is 34.8 Å². The lowest BCUT2D eigenvalue weighted by atomic mass is 9.91. The largest absolute Gasteiger partial charge is 0.342 e. The summed E-state index contributed by atoms with van der Waals surface area (Å²) in [7, 11) is 0. The number of anilines is 1. The predicted octanol–water partition coefficient (Wildman–Crippen LogP) is 4.83. The summed E-state index contributed by atoms with van der Waals surface area (Å²) in [6, 6.07) is 3.56. The van der Waals surface area contributed by atoms with Gasteiger partial charge in [0.2, 0.25) is 11.8 Å². The summed E-state index contributed by atoms with van der Waals surface area (Å²) in [6.07, 6.45) is 1.32. The van der Waals surface area contributed by atoms with Crippen molar-refractivity contribution in [3.63, 3.8) is 0 Å². The maximum absolute atomic E-state index is 12.6. The summed E-state index contributed by atoms with van der Waals surface area (Å²) in [4.78, 5) is 31.1. The van der Waals surface area contributed by atoms with E-state index in [-0.39, 0.29) is 17.7 Å². The Morgan fingerprint density at radius 1 is 1.23 bits per heavy atom. The third-order valence-electron chi connectivity index (χ3n) is 4.48. The first-order valence-corrected chi connectivity index (χ1v) is 10.1. The van der Waals surface area contributed by atoms with Crippen LogP contribution in [0.1, 0.15) is 33.6 Å². The number of fused-ring (bicyclic) bond motifs is 1. The van der Waals surface area contributed by atoms with Crippen LogP contribution >= 0.6 is 34.5 Å². The van der Waals surface area contributed by atoms with Gasteiger partial charge in [-0.05, 0) is 25.0 Å². The van der Waals surface area contributed by atoms with Gasteiger partial charge in [0.15, 0.2) is 5.13 Å². The van der Waals surface area contributed by atoms with Gasteiger partial charge >= 0.3 is 0 Å². The van der Waals surface area contributed by atoms with Crippen LogP contribution in [0.25, 0.3) is 10.2 Å². The number of benzene rings is 1. The summed E-state index contributed by atoms with van der Waals surface area (Å²) < 4.78 is 0.875. The molecular weight excluding hydrogens is 393 g/mol. The summed E-state index contributed by atoms with van der Waals surface area (Å²) in [6.45, 7) is 6.96. The molecule has 0 saturated carbocycles. The minimum atomic E-state index is -0.392. The molecule has 2 amide bonds. The molecule has 1 fully saturated rings. The van der Waals surface area contributed by atoms with E-state index in [4.69, 9.17) is 23.2 Å². The van der Waals surface area contributed by atoms with Crippen molar-refractivity contribution in [2.24, 2.45) is 11.3 Å². The van der Waals surface area contributed by atoms with E-state index in [9.17, 15) is 9.59 Å². The van der Waals surface area contributed by atoms with E-state index in [0.717, 1.165) is 4.70 Å². The third-order valence-corrected chi connectivity index (χ3v) is 6.21. The molecule has 0 bridgehead atoms. The minimum absolute atomic E-state index is 0.0610. The van der Waals surface area contributed by atoms with Gasteiger partial charge in [-0.25, -0.2) is 4.98 Å². The second-order valence-electron chi connectivity index (χ2n) is 7.53. The zero-order chi connectivity index (χ0) is 19.1. The van der Waals surface area contributed by atoms with E-state index >= 15 is 0 Å². The zero-order valence-electron chi connectivity index (χ0n) is 14.9. The molecular formula is C18H21Cl2N3O2S. The minimum Gasteiger partial charge on any atom is -0.342 e. The summed E-state index contributed by atoms with van der Waals surface area (Å²) in [5.74, 6) is -0.0479. The van der Waals surface area contributed by atoms with Gasteiger partial charge in [0.1, 0.15) is 5.52 Å². The van der Waals surface area contributed by atoms with E-state index in [0.29, 0.717) is 46.6 Å². The maximum Gasteiger partial charge on any atom is 0.229 e. The Morgan fingerprint density at radius 3 is 2.50 bits per heavy atom. The van der Waals surface area contributed by atoms with Gasteiger partial charge in [0.25, 0.3) is 0 Å². The monoisotopic (exact) mass is 413 g/mol. The lowest BCUT2D eigenvalue weighted by molar-refractivity contribution is -0.142. The van der Waals surface area contributed by atoms with Crippen LogP contribution in [0.15, 0.2) is 12.1 Å². The summed E-state index contributed by atoms with van der Waals surface area (Å²) in [5.41, 5.74) is 0.210. The first kappa shape index (κ1) is 19.4. The van der Waals surface area contributed by atoms with Gasteiger partial charge in [-0.1, -0.05) is 55.3 Å². The number of thiazole rings is 1. The molecule has 0 atom stereocenters. The Balaban J connectivity index is 1.63. The molecule has 0 radical (unpaired) electrons. The Labute approximate surface area is 166 Å². The average Bonchev–Trinajstić information content (AvgIpc) is 3.00. The number of aromatic nitrogens is 1. The molecule has 0 unspecified atom stereocenters. The highest BCUT2D eigenvalue weighted by molar-refractivity contribution is 7.22. The molecule has 26 heavy (non-hydrogen) atoms. The number of halogens is 2. The van der Waals surface area contributed by atoms with Crippen LogP contribution in [0.5, 0.6) is 0 Å². The Morgan fingerprint density at radius 2 is 1.88 bits per heavy atom. The quantitative estimate of drug-likeness (QED) is 0.766. The third kappa shape index (κ3) is 3.97. The van der Waals surface area contributed by atoms with Gasteiger partial charge in [-0.3, -0.25) is 9.59 Å². The van der Waals surface area contributed by atoms with Gasteiger partial charge < -0.3 is 10.2 Å².